The molecular weight excluding hydrogens is 388 g/mol. The summed E-state index contributed by atoms with van der Waals surface area (Å²) < 4.78 is 5.46. The fraction of sp³-hybridized carbons (Fsp3) is 0.320. The molecule has 1 amide bonds. The van der Waals surface area contributed by atoms with Gasteiger partial charge in [-0.05, 0) is 44.0 Å². The van der Waals surface area contributed by atoms with Crippen molar-refractivity contribution in [1.29, 1.82) is 0 Å². The molecule has 4 rings (SSSR count). The summed E-state index contributed by atoms with van der Waals surface area (Å²) in [6, 6.07) is 13.8. The molecule has 2 aromatic carbocycles. The van der Waals surface area contributed by atoms with Gasteiger partial charge in [-0.3, -0.25) is 9.78 Å². The third kappa shape index (κ3) is 4.75. The summed E-state index contributed by atoms with van der Waals surface area (Å²) in [5.41, 5.74) is 5.78. The number of carbonyl (C=O) groups excluding carboxylic acids is 1. The Morgan fingerprint density at radius 2 is 1.84 bits per heavy atom. The van der Waals surface area contributed by atoms with Crippen LogP contribution in [0.1, 0.15) is 40.0 Å². The Bertz CT molecular complexity index is 1080. The molecule has 1 atom stereocenters. The minimum absolute atomic E-state index is 0.0859. The van der Waals surface area contributed by atoms with Gasteiger partial charge in [0.05, 0.1) is 19.3 Å². The molecule has 0 aliphatic carbocycles. The van der Waals surface area contributed by atoms with Gasteiger partial charge in [0.15, 0.2) is 5.82 Å². The van der Waals surface area contributed by atoms with Crippen LogP contribution in [-0.4, -0.2) is 42.2 Å². The topological polar surface area (TPSA) is 67.4 Å². The molecule has 31 heavy (non-hydrogen) atoms. The first-order valence-corrected chi connectivity index (χ1v) is 10.6. The normalized spacial score (nSPS) is 14.9. The second-order valence-electron chi connectivity index (χ2n) is 7.96. The lowest BCUT2D eigenvalue weighted by molar-refractivity contribution is 0.0940. The van der Waals surface area contributed by atoms with Gasteiger partial charge in [-0.2, -0.15) is 0 Å². The summed E-state index contributed by atoms with van der Waals surface area (Å²) >= 11 is 0. The number of carbonyl (C=O) groups is 1. The SMILES string of the molecule is Cc1ccc(C(C)NC(=O)c2cccc(-c3nccnc3N3CCOCC3)c2)c(C)c1. The van der Waals surface area contributed by atoms with E-state index in [-0.39, 0.29) is 11.9 Å². The zero-order valence-electron chi connectivity index (χ0n) is 18.3. The van der Waals surface area contributed by atoms with E-state index in [1.807, 2.05) is 31.2 Å². The third-order valence-electron chi connectivity index (χ3n) is 5.63. The minimum atomic E-state index is -0.105. The van der Waals surface area contributed by atoms with E-state index in [1.165, 1.54) is 11.1 Å². The number of aryl methyl sites for hydroxylation is 2. The minimum Gasteiger partial charge on any atom is -0.378 e. The number of nitrogens with zero attached hydrogens (tertiary/aromatic N) is 3. The number of rotatable bonds is 5. The maximum atomic E-state index is 13.0. The second kappa shape index (κ2) is 9.27. The number of hydrogen-bond acceptors (Lipinski definition) is 5. The highest BCUT2D eigenvalue weighted by atomic mass is 16.5. The zero-order valence-corrected chi connectivity index (χ0v) is 18.3. The number of ether oxygens (including phenoxy) is 1. The highest BCUT2D eigenvalue weighted by molar-refractivity contribution is 5.96. The Morgan fingerprint density at radius 3 is 2.61 bits per heavy atom. The maximum Gasteiger partial charge on any atom is 0.251 e. The standard InChI is InChI=1S/C25H28N4O2/c1-17-7-8-22(18(2)15-17)19(3)28-25(30)21-6-4-5-20(16-21)23-24(27-10-9-26-23)29-11-13-31-14-12-29/h4-10,15-16,19H,11-14H2,1-3H3,(H,28,30). The molecule has 0 spiro atoms. The van der Waals surface area contributed by atoms with E-state index in [0.717, 1.165) is 35.7 Å². The number of anilines is 1. The van der Waals surface area contributed by atoms with Gasteiger partial charge in [0.1, 0.15) is 5.69 Å². The molecule has 6 heteroatoms. The van der Waals surface area contributed by atoms with Crippen molar-refractivity contribution in [2.45, 2.75) is 26.8 Å². The Balaban J connectivity index is 1.57. The van der Waals surface area contributed by atoms with Crippen LogP contribution in [0.25, 0.3) is 11.3 Å². The molecule has 1 saturated heterocycles. The summed E-state index contributed by atoms with van der Waals surface area (Å²) in [6.07, 6.45) is 3.39. The fourth-order valence-electron chi connectivity index (χ4n) is 4.02. The van der Waals surface area contributed by atoms with Crippen LogP contribution >= 0.6 is 0 Å². The van der Waals surface area contributed by atoms with Crippen LogP contribution in [0.15, 0.2) is 54.9 Å². The number of hydrogen-bond donors (Lipinski definition) is 1. The maximum absolute atomic E-state index is 13.0. The van der Waals surface area contributed by atoms with Gasteiger partial charge in [0.25, 0.3) is 5.91 Å². The first-order valence-electron chi connectivity index (χ1n) is 10.6. The fourth-order valence-corrected chi connectivity index (χ4v) is 4.02. The summed E-state index contributed by atoms with van der Waals surface area (Å²) in [5, 5.41) is 3.13. The molecule has 1 aromatic heterocycles. The molecule has 0 saturated carbocycles. The van der Waals surface area contributed by atoms with E-state index in [4.69, 9.17) is 4.74 Å². The lowest BCUT2D eigenvalue weighted by Gasteiger charge is -2.29. The molecule has 1 aliphatic rings. The predicted octanol–water partition coefficient (Wildman–Crippen LogP) is 4.09. The summed E-state index contributed by atoms with van der Waals surface area (Å²) in [5.74, 6) is 0.721. The van der Waals surface area contributed by atoms with Crippen LogP contribution < -0.4 is 10.2 Å². The summed E-state index contributed by atoms with van der Waals surface area (Å²) in [7, 11) is 0. The van der Waals surface area contributed by atoms with Gasteiger partial charge in [0, 0.05) is 36.6 Å². The van der Waals surface area contributed by atoms with Gasteiger partial charge in [-0.15, -0.1) is 0 Å². The van der Waals surface area contributed by atoms with Crippen LogP contribution in [0.3, 0.4) is 0 Å². The molecule has 1 N–H and O–H groups in total. The molecule has 160 valence electrons. The van der Waals surface area contributed by atoms with Crippen LogP contribution in [-0.2, 0) is 4.74 Å². The van der Waals surface area contributed by atoms with Gasteiger partial charge >= 0.3 is 0 Å². The smallest absolute Gasteiger partial charge is 0.251 e. The molecule has 2 heterocycles. The molecule has 1 fully saturated rings. The molecular formula is C25H28N4O2. The number of aromatic nitrogens is 2. The average Bonchev–Trinajstić information content (AvgIpc) is 2.79. The Hall–Kier alpha value is -3.25. The highest BCUT2D eigenvalue weighted by Crippen LogP contribution is 2.28. The van der Waals surface area contributed by atoms with E-state index in [9.17, 15) is 4.79 Å². The Labute approximate surface area is 183 Å². The van der Waals surface area contributed by atoms with E-state index >= 15 is 0 Å². The van der Waals surface area contributed by atoms with E-state index in [0.29, 0.717) is 18.8 Å². The summed E-state index contributed by atoms with van der Waals surface area (Å²) in [4.78, 5) is 24.3. The molecule has 1 aliphatic heterocycles. The molecule has 6 nitrogen and oxygen atoms in total. The molecule has 1 unspecified atom stereocenters. The number of amides is 1. The number of nitrogens with one attached hydrogen (secondary N) is 1. The highest BCUT2D eigenvalue weighted by Gasteiger charge is 2.19. The van der Waals surface area contributed by atoms with Crippen molar-refractivity contribution in [3.05, 3.63) is 77.1 Å². The lowest BCUT2D eigenvalue weighted by atomic mass is 10.00. The zero-order chi connectivity index (χ0) is 21.8. The summed E-state index contributed by atoms with van der Waals surface area (Å²) in [6.45, 7) is 9.07. The molecule has 0 bridgehead atoms. The van der Waals surface area contributed by atoms with Crippen molar-refractivity contribution >= 4 is 11.7 Å². The quantitative estimate of drug-likeness (QED) is 0.679. The van der Waals surface area contributed by atoms with Crippen LogP contribution in [0.5, 0.6) is 0 Å². The van der Waals surface area contributed by atoms with Crippen molar-refractivity contribution in [2.24, 2.45) is 0 Å². The van der Waals surface area contributed by atoms with Crippen molar-refractivity contribution < 1.29 is 9.53 Å². The monoisotopic (exact) mass is 416 g/mol. The third-order valence-corrected chi connectivity index (χ3v) is 5.63. The van der Waals surface area contributed by atoms with Gasteiger partial charge in [-0.25, -0.2) is 4.98 Å². The number of benzene rings is 2. The first kappa shape index (κ1) is 21.0. The van der Waals surface area contributed by atoms with Crippen molar-refractivity contribution in [3.8, 4) is 11.3 Å². The molecule has 0 radical (unpaired) electrons. The van der Waals surface area contributed by atoms with Crippen molar-refractivity contribution in [2.75, 3.05) is 31.2 Å². The van der Waals surface area contributed by atoms with Gasteiger partial charge in [0.2, 0.25) is 0 Å². The van der Waals surface area contributed by atoms with E-state index < -0.39 is 0 Å². The van der Waals surface area contributed by atoms with Gasteiger partial charge in [-0.1, -0.05) is 35.9 Å². The van der Waals surface area contributed by atoms with Crippen LogP contribution in [0.4, 0.5) is 5.82 Å². The van der Waals surface area contributed by atoms with Gasteiger partial charge < -0.3 is 15.0 Å². The van der Waals surface area contributed by atoms with Crippen LogP contribution in [0, 0.1) is 13.8 Å². The average molecular weight is 417 g/mol. The predicted molar refractivity (Wildman–Crippen MR) is 122 cm³/mol. The van der Waals surface area contributed by atoms with Crippen molar-refractivity contribution in [1.82, 2.24) is 15.3 Å². The Morgan fingerprint density at radius 1 is 1.06 bits per heavy atom. The lowest BCUT2D eigenvalue weighted by Crippen LogP contribution is -2.37. The van der Waals surface area contributed by atoms with Crippen LogP contribution in [0.2, 0.25) is 0 Å². The van der Waals surface area contributed by atoms with E-state index in [2.05, 4.69) is 52.2 Å². The van der Waals surface area contributed by atoms with E-state index in [1.54, 1.807) is 12.4 Å². The second-order valence-corrected chi connectivity index (χ2v) is 7.96. The Kier molecular flexibility index (Phi) is 6.28. The number of morpholine rings is 1. The largest absolute Gasteiger partial charge is 0.378 e. The molecule has 3 aromatic rings. The van der Waals surface area contributed by atoms with Crippen molar-refractivity contribution in [3.63, 3.8) is 0 Å². The first-order chi connectivity index (χ1) is 15.0.